The van der Waals surface area contributed by atoms with Crippen molar-refractivity contribution >= 4 is 31.6 Å². The lowest BCUT2D eigenvalue weighted by atomic mass is 10.3. The number of nitrogens with one attached hydrogen (secondary N) is 1. The van der Waals surface area contributed by atoms with E-state index in [-0.39, 0.29) is 18.8 Å². The van der Waals surface area contributed by atoms with E-state index in [0.717, 1.165) is 12.1 Å². The molecule has 1 rings (SSSR count). The van der Waals surface area contributed by atoms with Crippen molar-refractivity contribution in [2.75, 3.05) is 24.1 Å². The van der Waals surface area contributed by atoms with Gasteiger partial charge >= 0.3 is 0 Å². The molecule has 0 amide bonds. The van der Waals surface area contributed by atoms with Gasteiger partial charge < -0.3 is 16.8 Å². The zero-order valence-electron chi connectivity index (χ0n) is 9.57. The molecule has 0 fully saturated rings. The molecule has 0 unspecified atom stereocenters. The quantitative estimate of drug-likeness (QED) is 0.342. The molecular weight excluding hydrogens is 298 g/mol. The van der Waals surface area contributed by atoms with Gasteiger partial charge in [0.05, 0.1) is 11.4 Å². The highest BCUT2D eigenvalue weighted by molar-refractivity contribution is 7.86. The van der Waals surface area contributed by atoms with Crippen molar-refractivity contribution in [3.8, 4) is 0 Å². The standard InChI is InChI=1S/C8H13N3O6S2/c9-1-2-11-6-4-7(18(12,13)14)5(10)3-8(6)19(15,16)17/h3-4,11H,1-2,9-10H2,(H,12,13,14)(H,15,16,17). The summed E-state index contributed by atoms with van der Waals surface area (Å²) in [5.74, 6) is 0. The van der Waals surface area contributed by atoms with Crippen LogP contribution in [-0.4, -0.2) is 39.0 Å². The predicted molar refractivity (Wildman–Crippen MR) is 68.0 cm³/mol. The third kappa shape index (κ3) is 3.78. The van der Waals surface area contributed by atoms with Crippen molar-refractivity contribution in [3.63, 3.8) is 0 Å². The summed E-state index contributed by atoms with van der Waals surface area (Å²) < 4.78 is 62.4. The van der Waals surface area contributed by atoms with Crippen LogP contribution >= 0.6 is 0 Å². The van der Waals surface area contributed by atoms with Crippen molar-refractivity contribution < 1.29 is 25.9 Å². The van der Waals surface area contributed by atoms with E-state index in [2.05, 4.69) is 5.32 Å². The van der Waals surface area contributed by atoms with Crippen molar-refractivity contribution in [3.05, 3.63) is 12.1 Å². The van der Waals surface area contributed by atoms with Crippen molar-refractivity contribution in [1.82, 2.24) is 0 Å². The first-order valence-electron chi connectivity index (χ1n) is 4.90. The Labute approximate surface area is 110 Å². The number of hydrogen-bond donors (Lipinski definition) is 5. The second kappa shape index (κ2) is 5.30. The van der Waals surface area contributed by atoms with Gasteiger partial charge in [-0.2, -0.15) is 16.8 Å². The molecular formula is C8H13N3O6S2. The highest BCUT2D eigenvalue weighted by Crippen LogP contribution is 2.29. The summed E-state index contributed by atoms with van der Waals surface area (Å²) in [6.45, 7) is 0.258. The Kier molecular flexibility index (Phi) is 4.37. The minimum Gasteiger partial charge on any atom is -0.398 e. The first kappa shape index (κ1) is 15.7. The van der Waals surface area contributed by atoms with Crippen molar-refractivity contribution in [1.29, 1.82) is 0 Å². The Morgan fingerprint density at radius 1 is 1.05 bits per heavy atom. The fourth-order valence-corrected chi connectivity index (χ4v) is 2.67. The first-order chi connectivity index (χ1) is 8.57. The molecule has 0 saturated heterocycles. The van der Waals surface area contributed by atoms with E-state index in [4.69, 9.17) is 20.6 Å². The number of hydrogen-bond acceptors (Lipinski definition) is 7. The SMILES string of the molecule is NCCNc1cc(S(=O)(=O)O)c(N)cc1S(=O)(=O)O. The van der Waals surface area contributed by atoms with Gasteiger partial charge in [0.1, 0.15) is 9.79 Å². The van der Waals surface area contributed by atoms with Crippen LogP contribution in [0.5, 0.6) is 0 Å². The molecule has 9 nitrogen and oxygen atoms in total. The number of benzene rings is 1. The Morgan fingerprint density at radius 3 is 2.00 bits per heavy atom. The first-order valence-corrected chi connectivity index (χ1v) is 7.78. The van der Waals surface area contributed by atoms with Crippen LogP contribution in [0.2, 0.25) is 0 Å². The van der Waals surface area contributed by atoms with E-state index in [1.54, 1.807) is 0 Å². The number of nitrogen functional groups attached to an aromatic ring is 1. The van der Waals surface area contributed by atoms with Crippen LogP contribution in [0.1, 0.15) is 0 Å². The van der Waals surface area contributed by atoms with Gasteiger partial charge in [-0.25, -0.2) is 0 Å². The van der Waals surface area contributed by atoms with Gasteiger partial charge in [-0.3, -0.25) is 9.11 Å². The van der Waals surface area contributed by atoms with E-state index < -0.39 is 35.7 Å². The summed E-state index contributed by atoms with van der Waals surface area (Å²) in [5.41, 5.74) is 9.82. The fourth-order valence-electron chi connectivity index (χ4n) is 1.36. The lowest BCUT2D eigenvalue weighted by molar-refractivity contribution is 0.479. The molecule has 0 atom stereocenters. The van der Waals surface area contributed by atoms with E-state index in [9.17, 15) is 16.8 Å². The second-order valence-electron chi connectivity index (χ2n) is 3.55. The molecule has 0 aliphatic heterocycles. The molecule has 0 saturated carbocycles. The summed E-state index contributed by atoms with van der Waals surface area (Å²) in [7, 11) is -9.22. The molecule has 11 heteroatoms. The molecule has 7 N–H and O–H groups in total. The maximum absolute atomic E-state index is 11.1. The van der Waals surface area contributed by atoms with Gasteiger partial charge in [-0.1, -0.05) is 0 Å². The van der Waals surface area contributed by atoms with Crippen LogP contribution < -0.4 is 16.8 Å². The minimum absolute atomic E-state index is 0.122. The van der Waals surface area contributed by atoms with Crippen molar-refractivity contribution in [2.45, 2.75) is 9.79 Å². The molecule has 1 aromatic carbocycles. The Balaban J connectivity index is 3.55. The number of nitrogens with two attached hydrogens (primary N) is 2. The third-order valence-electron chi connectivity index (χ3n) is 2.13. The molecule has 0 heterocycles. The lowest BCUT2D eigenvalue weighted by Crippen LogP contribution is -2.16. The maximum atomic E-state index is 11.1. The van der Waals surface area contributed by atoms with Crippen LogP contribution in [0, 0.1) is 0 Å². The molecule has 0 spiro atoms. The summed E-state index contributed by atoms with van der Waals surface area (Å²) in [5, 5.41) is 2.51. The van der Waals surface area contributed by atoms with Crippen molar-refractivity contribution in [2.24, 2.45) is 5.73 Å². The summed E-state index contributed by atoms with van der Waals surface area (Å²) in [4.78, 5) is -1.27. The zero-order valence-corrected chi connectivity index (χ0v) is 11.2. The van der Waals surface area contributed by atoms with Crippen LogP contribution in [-0.2, 0) is 20.2 Å². The van der Waals surface area contributed by atoms with Crippen LogP contribution in [0.15, 0.2) is 21.9 Å². The number of rotatable bonds is 5. The van der Waals surface area contributed by atoms with E-state index in [1.807, 2.05) is 0 Å². The van der Waals surface area contributed by atoms with Crippen LogP contribution in [0.25, 0.3) is 0 Å². The monoisotopic (exact) mass is 311 g/mol. The van der Waals surface area contributed by atoms with Crippen LogP contribution in [0.4, 0.5) is 11.4 Å². The van der Waals surface area contributed by atoms with Gasteiger partial charge in [0.2, 0.25) is 0 Å². The Hall–Kier alpha value is -1.40. The molecule has 0 aliphatic rings. The molecule has 0 bridgehead atoms. The third-order valence-corrected chi connectivity index (χ3v) is 3.93. The molecule has 1 aromatic rings. The van der Waals surface area contributed by atoms with Gasteiger partial charge in [-0.05, 0) is 12.1 Å². The largest absolute Gasteiger partial charge is 0.398 e. The maximum Gasteiger partial charge on any atom is 0.296 e. The van der Waals surface area contributed by atoms with E-state index >= 15 is 0 Å². The van der Waals surface area contributed by atoms with Gasteiger partial charge in [0, 0.05) is 13.1 Å². The summed E-state index contributed by atoms with van der Waals surface area (Å²) in [6, 6.07) is 1.54. The Morgan fingerprint density at radius 2 is 1.58 bits per heavy atom. The molecule has 19 heavy (non-hydrogen) atoms. The molecule has 0 aliphatic carbocycles. The molecule has 0 radical (unpaired) electrons. The van der Waals surface area contributed by atoms with E-state index in [1.165, 1.54) is 0 Å². The smallest absolute Gasteiger partial charge is 0.296 e. The summed E-state index contributed by atoms with van der Waals surface area (Å²) in [6.07, 6.45) is 0. The Bertz CT molecular complexity index is 683. The van der Waals surface area contributed by atoms with Crippen LogP contribution in [0.3, 0.4) is 0 Å². The fraction of sp³-hybridized carbons (Fsp3) is 0.250. The average molecular weight is 311 g/mol. The lowest BCUT2D eigenvalue weighted by Gasteiger charge is -2.12. The van der Waals surface area contributed by atoms with Gasteiger partial charge in [0.15, 0.2) is 0 Å². The van der Waals surface area contributed by atoms with Gasteiger partial charge in [-0.15, -0.1) is 0 Å². The number of anilines is 2. The van der Waals surface area contributed by atoms with Gasteiger partial charge in [0.25, 0.3) is 20.2 Å². The zero-order chi connectivity index (χ0) is 14.8. The molecule has 0 aromatic heterocycles. The normalized spacial score (nSPS) is 12.4. The second-order valence-corrected chi connectivity index (χ2v) is 6.33. The highest BCUT2D eigenvalue weighted by atomic mass is 32.2. The topological polar surface area (TPSA) is 173 Å². The highest BCUT2D eigenvalue weighted by Gasteiger charge is 2.22. The summed E-state index contributed by atoms with van der Waals surface area (Å²) >= 11 is 0. The minimum atomic E-state index is -4.62. The molecule has 108 valence electrons. The van der Waals surface area contributed by atoms with E-state index in [0.29, 0.717) is 0 Å². The average Bonchev–Trinajstić information content (AvgIpc) is 2.24. The predicted octanol–water partition coefficient (Wildman–Crippen LogP) is -0.867.